The first kappa shape index (κ1) is 16.0. The molecule has 6 nitrogen and oxygen atoms in total. The average Bonchev–Trinajstić information content (AvgIpc) is 3.15. The number of aromatic nitrogens is 2. The topological polar surface area (TPSA) is 58.4 Å². The minimum atomic E-state index is 0.0731. The zero-order valence-corrected chi connectivity index (χ0v) is 14.1. The Kier molecular flexibility index (Phi) is 4.68. The smallest absolute Gasteiger partial charge is 0.225 e. The van der Waals surface area contributed by atoms with Gasteiger partial charge in [-0.25, -0.2) is 0 Å². The Morgan fingerprint density at radius 3 is 2.65 bits per heavy atom. The van der Waals surface area contributed by atoms with E-state index in [-0.39, 0.29) is 23.9 Å². The van der Waals surface area contributed by atoms with E-state index in [1.807, 2.05) is 29.2 Å². The lowest BCUT2D eigenvalue weighted by Crippen LogP contribution is -2.45. The fourth-order valence-electron chi connectivity index (χ4n) is 3.97. The summed E-state index contributed by atoms with van der Waals surface area (Å²) >= 11 is 0. The summed E-state index contributed by atoms with van der Waals surface area (Å²) in [6.45, 7) is 3.21. The van der Waals surface area contributed by atoms with Crippen molar-refractivity contribution < 1.29 is 9.59 Å². The van der Waals surface area contributed by atoms with Crippen molar-refractivity contribution in [3.05, 3.63) is 18.0 Å². The lowest BCUT2D eigenvalue weighted by Gasteiger charge is -2.36. The van der Waals surface area contributed by atoms with Crippen LogP contribution in [0.4, 0.5) is 0 Å². The molecule has 2 aliphatic heterocycles. The molecular weight excluding hydrogens is 292 g/mol. The first-order valence-corrected chi connectivity index (χ1v) is 8.61. The van der Waals surface area contributed by atoms with Gasteiger partial charge < -0.3 is 9.80 Å². The maximum absolute atomic E-state index is 12.8. The van der Waals surface area contributed by atoms with Crippen LogP contribution in [0.5, 0.6) is 0 Å². The van der Waals surface area contributed by atoms with Crippen LogP contribution in [0, 0.1) is 0 Å². The van der Waals surface area contributed by atoms with Crippen molar-refractivity contribution in [2.24, 2.45) is 7.05 Å². The van der Waals surface area contributed by atoms with Crippen LogP contribution >= 0.6 is 0 Å². The third kappa shape index (κ3) is 3.41. The normalized spacial score (nSPS) is 25.0. The van der Waals surface area contributed by atoms with Crippen molar-refractivity contribution in [2.45, 2.75) is 57.5 Å². The minimum absolute atomic E-state index is 0.0731. The Morgan fingerprint density at radius 1 is 1.17 bits per heavy atom. The predicted octanol–water partition coefficient (Wildman–Crippen LogP) is 1.87. The summed E-state index contributed by atoms with van der Waals surface area (Å²) < 4.78 is 1.79. The van der Waals surface area contributed by atoms with E-state index in [4.69, 9.17) is 0 Å². The summed E-state index contributed by atoms with van der Waals surface area (Å²) in [4.78, 5) is 28.5. The largest absolute Gasteiger partial charge is 0.339 e. The number of hydrogen-bond donors (Lipinski definition) is 0. The zero-order valence-electron chi connectivity index (χ0n) is 14.1. The minimum Gasteiger partial charge on any atom is -0.339 e. The van der Waals surface area contributed by atoms with Crippen molar-refractivity contribution in [3.8, 4) is 0 Å². The third-order valence-electron chi connectivity index (χ3n) is 5.12. The summed E-state index contributed by atoms with van der Waals surface area (Å²) in [5, 5.41) is 4.23. The Hall–Kier alpha value is -1.85. The molecule has 126 valence electrons. The van der Waals surface area contributed by atoms with Crippen molar-refractivity contribution in [1.29, 1.82) is 0 Å². The molecule has 0 N–H and O–H groups in total. The van der Waals surface area contributed by atoms with Gasteiger partial charge in [-0.05, 0) is 32.1 Å². The third-order valence-corrected chi connectivity index (χ3v) is 5.12. The Balaban J connectivity index is 1.68. The molecule has 1 aromatic rings. The maximum atomic E-state index is 12.8. The van der Waals surface area contributed by atoms with Gasteiger partial charge in [0.05, 0.1) is 12.2 Å². The predicted molar refractivity (Wildman–Crippen MR) is 86.5 cm³/mol. The maximum Gasteiger partial charge on any atom is 0.225 e. The average molecular weight is 318 g/mol. The van der Waals surface area contributed by atoms with Gasteiger partial charge in [0.25, 0.3) is 0 Å². The summed E-state index contributed by atoms with van der Waals surface area (Å²) in [5.41, 5.74) is 1.12. The number of piperidine rings is 1. The molecule has 2 amide bonds. The van der Waals surface area contributed by atoms with Gasteiger partial charge in [-0.2, -0.15) is 5.10 Å². The molecule has 2 aliphatic rings. The molecule has 1 aromatic heterocycles. The molecule has 3 rings (SSSR count). The van der Waals surface area contributed by atoms with Crippen LogP contribution in [0.15, 0.2) is 12.4 Å². The molecule has 2 atom stereocenters. The molecular formula is C17H26N4O2. The molecule has 6 heteroatoms. The van der Waals surface area contributed by atoms with E-state index in [1.54, 1.807) is 11.6 Å². The van der Waals surface area contributed by atoms with E-state index >= 15 is 0 Å². The van der Waals surface area contributed by atoms with Crippen LogP contribution in [-0.2, 0) is 16.6 Å². The van der Waals surface area contributed by atoms with E-state index in [0.29, 0.717) is 6.42 Å². The molecule has 0 aromatic carbocycles. The highest BCUT2D eigenvalue weighted by Gasteiger charge is 2.34. The van der Waals surface area contributed by atoms with Gasteiger partial charge in [0.2, 0.25) is 11.8 Å². The first-order valence-electron chi connectivity index (χ1n) is 8.61. The fourth-order valence-corrected chi connectivity index (χ4v) is 3.97. The highest BCUT2D eigenvalue weighted by molar-refractivity contribution is 5.79. The van der Waals surface area contributed by atoms with E-state index in [2.05, 4.69) is 5.10 Å². The first-order chi connectivity index (χ1) is 11.1. The SMILES string of the molecule is CC(=O)N1CCCC[C@@H]1CC(=O)N1CCC[C@H]1c1cnn(C)c1. The monoisotopic (exact) mass is 318 g/mol. The molecule has 2 saturated heterocycles. The van der Waals surface area contributed by atoms with Crippen LogP contribution in [0.3, 0.4) is 0 Å². The van der Waals surface area contributed by atoms with E-state index in [0.717, 1.165) is 50.8 Å². The molecule has 0 unspecified atom stereocenters. The number of hydrogen-bond acceptors (Lipinski definition) is 3. The second-order valence-electron chi connectivity index (χ2n) is 6.76. The van der Waals surface area contributed by atoms with E-state index in [9.17, 15) is 9.59 Å². The number of carbonyl (C=O) groups is 2. The zero-order chi connectivity index (χ0) is 16.4. The van der Waals surface area contributed by atoms with Crippen LogP contribution in [0.1, 0.15) is 57.1 Å². The van der Waals surface area contributed by atoms with Crippen LogP contribution < -0.4 is 0 Å². The molecule has 0 aliphatic carbocycles. The van der Waals surface area contributed by atoms with Gasteiger partial charge in [0.15, 0.2) is 0 Å². The molecule has 0 saturated carbocycles. The molecule has 0 bridgehead atoms. The van der Waals surface area contributed by atoms with Gasteiger partial charge in [0, 0.05) is 51.3 Å². The lowest BCUT2D eigenvalue weighted by molar-refractivity contribution is -0.137. The fraction of sp³-hybridized carbons (Fsp3) is 0.706. The number of likely N-dealkylation sites (tertiary alicyclic amines) is 2. The van der Waals surface area contributed by atoms with Crippen LogP contribution in [-0.4, -0.2) is 50.5 Å². The molecule has 0 radical (unpaired) electrons. The summed E-state index contributed by atoms with van der Waals surface area (Å²) in [7, 11) is 1.90. The molecule has 2 fully saturated rings. The Bertz CT molecular complexity index is 583. The molecule has 0 spiro atoms. The highest BCUT2D eigenvalue weighted by Crippen LogP contribution is 2.33. The number of carbonyl (C=O) groups excluding carboxylic acids is 2. The molecule has 3 heterocycles. The summed E-state index contributed by atoms with van der Waals surface area (Å²) in [5.74, 6) is 0.266. The van der Waals surface area contributed by atoms with E-state index < -0.39 is 0 Å². The number of nitrogens with zero attached hydrogens (tertiary/aromatic N) is 4. The van der Waals surface area contributed by atoms with Crippen LogP contribution in [0.25, 0.3) is 0 Å². The summed E-state index contributed by atoms with van der Waals surface area (Å²) in [6.07, 6.45) is 9.44. The van der Waals surface area contributed by atoms with Gasteiger partial charge >= 0.3 is 0 Å². The molecule has 23 heavy (non-hydrogen) atoms. The number of rotatable bonds is 3. The number of amides is 2. The summed E-state index contributed by atoms with van der Waals surface area (Å²) in [6, 6.07) is 0.217. The number of aryl methyl sites for hydroxylation is 1. The quantitative estimate of drug-likeness (QED) is 0.855. The van der Waals surface area contributed by atoms with Crippen molar-refractivity contribution >= 4 is 11.8 Å². The van der Waals surface area contributed by atoms with Gasteiger partial charge in [-0.15, -0.1) is 0 Å². The highest BCUT2D eigenvalue weighted by atomic mass is 16.2. The van der Waals surface area contributed by atoms with Crippen molar-refractivity contribution in [3.63, 3.8) is 0 Å². The Labute approximate surface area is 137 Å². The lowest BCUT2D eigenvalue weighted by atomic mass is 9.98. The van der Waals surface area contributed by atoms with Crippen LogP contribution in [0.2, 0.25) is 0 Å². The van der Waals surface area contributed by atoms with E-state index in [1.165, 1.54) is 0 Å². The second-order valence-corrected chi connectivity index (χ2v) is 6.76. The standard InChI is InChI=1S/C17H26N4O2/c1-13(22)20-8-4-3-6-15(20)10-17(23)21-9-5-7-16(21)14-11-18-19(2)12-14/h11-12,15-16H,3-10H2,1-2H3/t15-,16+/m1/s1. The van der Waals surface area contributed by atoms with Crippen molar-refractivity contribution in [1.82, 2.24) is 19.6 Å². The van der Waals surface area contributed by atoms with Gasteiger partial charge in [-0.1, -0.05) is 0 Å². The second kappa shape index (κ2) is 6.72. The van der Waals surface area contributed by atoms with Crippen molar-refractivity contribution in [2.75, 3.05) is 13.1 Å². The van der Waals surface area contributed by atoms with Gasteiger partial charge in [0.1, 0.15) is 0 Å². The Morgan fingerprint density at radius 2 is 1.96 bits per heavy atom. The van der Waals surface area contributed by atoms with Gasteiger partial charge in [-0.3, -0.25) is 14.3 Å².